The Morgan fingerprint density at radius 3 is 2.88 bits per heavy atom. The number of fused-ring (bicyclic) bond motifs is 1. The van der Waals surface area contributed by atoms with Crippen LogP contribution in [-0.2, 0) is 0 Å². The van der Waals surface area contributed by atoms with E-state index in [1.807, 2.05) is 39.0 Å². The van der Waals surface area contributed by atoms with Crippen LogP contribution in [0.2, 0.25) is 0 Å². The number of aryl methyl sites for hydroxylation is 1. The first-order valence-electron chi connectivity index (χ1n) is 5.33. The van der Waals surface area contributed by atoms with Crippen LogP contribution in [0.15, 0.2) is 18.2 Å². The number of carbonyl (C=O) groups is 1. The molecule has 0 saturated carbocycles. The van der Waals surface area contributed by atoms with Crippen molar-refractivity contribution < 1.29 is 4.79 Å². The number of aromatic nitrogens is 2. The Bertz CT molecular complexity index is 528. The van der Waals surface area contributed by atoms with Crippen LogP contribution in [0, 0.1) is 6.92 Å². The predicted octanol–water partition coefficient (Wildman–Crippen LogP) is 2.01. The van der Waals surface area contributed by atoms with Crippen molar-refractivity contribution in [3.63, 3.8) is 0 Å². The lowest BCUT2D eigenvalue weighted by Crippen LogP contribution is -2.30. The van der Waals surface area contributed by atoms with Crippen molar-refractivity contribution >= 4 is 16.8 Å². The van der Waals surface area contributed by atoms with E-state index < -0.39 is 0 Å². The van der Waals surface area contributed by atoms with Crippen LogP contribution in [0.4, 0.5) is 0 Å². The lowest BCUT2D eigenvalue weighted by atomic mass is 10.1. The van der Waals surface area contributed by atoms with E-state index in [2.05, 4.69) is 15.5 Å². The zero-order valence-electron chi connectivity index (χ0n) is 9.66. The van der Waals surface area contributed by atoms with Gasteiger partial charge in [-0.25, -0.2) is 0 Å². The van der Waals surface area contributed by atoms with Gasteiger partial charge in [0.25, 0.3) is 5.91 Å². The molecule has 1 aromatic carbocycles. The molecule has 4 heteroatoms. The third-order valence-corrected chi connectivity index (χ3v) is 2.35. The van der Waals surface area contributed by atoms with E-state index in [4.69, 9.17) is 0 Å². The van der Waals surface area contributed by atoms with Gasteiger partial charge in [-0.2, -0.15) is 5.10 Å². The first kappa shape index (κ1) is 10.7. The highest BCUT2D eigenvalue weighted by Gasteiger charge is 2.14. The Balaban J connectivity index is 2.44. The molecule has 0 bridgehead atoms. The van der Waals surface area contributed by atoms with Crippen LogP contribution >= 0.6 is 0 Å². The Kier molecular flexibility index (Phi) is 2.64. The number of hydrogen-bond acceptors (Lipinski definition) is 2. The maximum atomic E-state index is 11.8. The monoisotopic (exact) mass is 217 g/mol. The van der Waals surface area contributed by atoms with E-state index >= 15 is 0 Å². The molecule has 84 valence electrons. The summed E-state index contributed by atoms with van der Waals surface area (Å²) in [6.45, 7) is 5.85. The fraction of sp³-hybridized carbons (Fsp3) is 0.333. The third-order valence-electron chi connectivity index (χ3n) is 2.35. The number of nitrogens with one attached hydrogen (secondary N) is 2. The smallest absolute Gasteiger partial charge is 0.272 e. The van der Waals surface area contributed by atoms with Crippen LogP contribution in [0.25, 0.3) is 10.9 Å². The normalized spacial score (nSPS) is 11.0. The van der Waals surface area contributed by atoms with Gasteiger partial charge in [0.15, 0.2) is 5.69 Å². The lowest BCUT2D eigenvalue weighted by Gasteiger charge is -2.06. The standard InChI is InChI=1S/C12H15N3O/c1-7(2)13-12(16)11-9-6-8(3)4-5-10(9)14-15-11/h4-7H,1-3H3,(H,13,16)(H,14,15). The average molecular weight is 217 g/mol. The molecule has 0 atom stereocenters. The van der Waals surface area contributed by atoms with Gasteiger partial charge >= 0.3 is 0 Å². The molecule has 2 aromatic rings. The number of nitrogens with zero attached hydrogens (tertiary/aromatic N) is 1. The van der Waals surface area contributed by atoms with E-state index in [9.17, 15) is 4.79 Å². The van der Waals surface area contributed by atoms with Gasteiger partial charge in [-0.3, -0.25) is 9.89 Å². The maximum absolute atomic E-state index is 11.8. The summed E-state index contributed by atoms with van der Waals surface area (Å²) in [5.74, 6) is -0.133. The molecule has 0 aliphatic heterocycles. The van der Waals surface area contributed by atoms with Gasteiger partial charge in [0.05, 0.1) is 5.52 Å². The fourth-order valence-electron chi connectivity index (χ4n) is 1.63. The molecule has 0 unspecified atom stereocenters. The molecule has 4 nitrogen and oxygen atoms in total. The summed E-state index contributed by atoms with van der Waals surface area (Å²) >= 11 is 0. The second-order valence-corrected chi connectivity index (χ2v) is 4.25. The zero-order chi connectivity index (χ0) is 11.7. The largest absolute Gasteiger partial charge is 0.348 e. The first-order chi connectivity index (χ1) is 7.58. The topological polar surface area (TPSA) is 57.8 Å². The minimum Gasteiger partial charge on any atom is -0.348 e. The quantitative estimate of drug-likeness (QED) is 0.808. The van der Waals surface area contributed by atoms with Crippen molar-refractivity contribution in [1.82, 2.24) is 15.5 Å². The van der Waals surface area contributed by atoms with Crippen molar-refractivity contribution in [3.8, 4) is 0 Å². The molecule has 0 saturated heterocycles. The van der Waals surface area contributed by atoms with Crippen LogP contribution in [0.5, 0.6) is 0 Å². The Morgan fingerprint density at radius 1 is 1.44 bits per heavy atom. The number of carbonyl (C=O) groups excluding carboxylic acids is 1. The molecular formula is C12H15N3O. The van der Waals surface area contributed by atoms with Crippen LogP contribution < -0.4 is 5.32 Å². The van der Waals surface area contributed by atoms with Gasteiger partial charge in [0.1, 0.15) is 0 Å². The van der Waals surface area contributed by atoms with Crippen molar-refractivity contribution in [2.45, 2.75) is 26.8 Å². The van der Waals surface area contributed by atoms with E-state index in [0.29, 0.717) is 5.69 Å². The first-order valence-corrected chi connectivity index (χ1v) is 5.33. The SMILES string of the molecule is Cc1ccc2[nH]nc(C(=O)NC(C)C)c2c1. The number of amides is 1. The van der Waals surface area contributed by atoms with Gasteiger partial charge in [-0.05, 0) is 32.9 Å². The highest BCUT2D eigenvalue weighted by atomic mass is 16.2. The molecule has 1 heterocycles. The molecule has 16 heavy (non-hydrogen) atoms. The van der Waals surface area contributed by atoms with Gasteiger partial charge in [-0.15, -0.1) is 0 Å². The average Bonchev–Trinajstić information content (AvgIpc) is 2.59. The molecule has 0 spiro atoms. The van der Waals surface area contributed by atoms with Gasteiger partial charge in [-0.1, -0.05) is 11.6 Å². The van der Waals surface area contributed by atoms with Gasteiger partial charge < -0.3 is 5.32 Å². The number of benzene rings is 1. The minimum absolute atomic E-state index is 0.115. The van der Waals surface area contributed by atoms with Gasteiger partial charge in [0, 0.05) is 11.4 Å². The molecule has 0 aliphatic rings. The van der Waals surface area contributed by atoms with E-state index in [0.717, 1.165) is 16.5 Å². The van der Waals surface area contributed by atoms with Crippen molar-refractivity contribution in [3.05, 3.63) is 29.5 Å². The number of H-pyrrole nitrogens is 1. The molecule has 0 fully saturated rings. The van der Waals surface area contributed by atoms with Crippen LogP contribution in [0.1, 0.15) is 29.9 Å². The highest BCUT2D eigenvalue weighted by molar-refractivity contribution is 6.04. The predicted molar refractivity (Wildman–Crippen MR) is 63.4 cm³/mol. The second kappa shape index (κ2) is 3.96. The fourth-order valence-corrected chi connectivity index (χ4v) is 1.63. The summed E-state index contributed by atoms with van der Waals surface area (Å²) in [5, 5.41) is 10.6. The van der Waals surface area contributed by atoms with E-state index in [1.165, 1.54) is 0 Å². The Labute approximate surface area is 94.0 Å². The highest BCUT2D eigenvalue weighted by Crippen LogP contribution is 2.17. The number of rotatable bonds is 2. The van der Waals surface area contributed by atoms with Crippen LogP contribution in [-0.4, -0.2) is 22.1 Å². The summed E-state index contributed by atoms with van der Waals surface area (Å²) in [6, 6.07) is 6.01. The Hall–Kier alpha value is -1.84. The maximum Gasteiger partial charge on any atom is 0.272 e. The molecular weight excluding hydrogens is 202 g/mol. The van der Waals surface area contributed by atoms with E-state index in [-0.39, 0.29) is 11.9 Å². The molecule has 2 rings (SSSR count). The van der Waals surface area contributed by atoms with Crippen LogP contribution in [0.3, 0.4) is 0 Å². The lowest BCUT2D eigenvalue weighted by molar-refractivity contribution is 0.0939. The minimum atomic E-state index is -0.133. The molecule has 1 amide bonds. The number of aromatic amines is 1. The van der Waals surface area contributed by atoms with Crippen molar-refractivity contribution in [2.24, 2.45) is 0 Å². The summed E-state index contributed by atoms with van der Waals surface area (Å²) < 4.78 is 0. The summed E-state index contributed by atoms with van der Waals surface area (Å²) in [7, 11) is 0. The zero-order valence-corrected chi connectivity index (χ0v) is 9.66. The third kappa shape index (κ3) is 1.91. The summed E-state index contributed by atoms with van der Waals surface area (Å²) in [4.78, 5) is 11.8. The van der Waals surface area contributed by atoms with Crippen molar-refractivity contribution in [1.29, 1.82) is 0 Å². The van der Waals surface area contributed by atoms with Gasteiger partial charge in [0.2, 0.25) is 0 Å². The second-order valence-electron chi connectivity index (χ2n) is 4.25. The number of hydrogen-bond donors (Lipinski definition) is 2. The summed E-state index contributed by atoms with van der Waals surface area (Å²) in [6.07, 6.45) is 0. The van der Waals surface area contributed by atoms with Crippen molar-refractivity contribution in [2.75, 3.05) is 0 Å². The summed E-state index contributed by atoms with van der Waals surface area (Å²) in [5.41, 5.74) is 2.47. The molecule has 0 radical (unpaired) electrons. The Morgan fingerprint density at radius 2 is 2.19 bits per heavy atom. The molecule has 1 aromatic heterocycles. The molecule has 2 N–H and O–H groups in total. The molecule has 0 aliphatic carbocycles. The van der Waals surface area contributed by atoms with E-state index in [1.54, 1.807) is 0 Å².